The Labute approximate surface area is 125 Å². The fourth-order valence-corrected chi connectivity index (χ4v) is 1.78. The first-order valence-electron chi connectivity index (χ1n) is 7.05. The van der Waals surface area contributed by atoms with E-state index in [1.54, 1.807) is 0 Å². The smallest absolute Gasteiger partial charge is 0.310 e. The number of ether oxygens (including phenoxy) is 1. The monoisotopic (exact) mass is 303 g/mol. The van der Waals surface area contributed by atoms with E-state index in [0.717, 1.165) is 0 Å². The molecule has 1 N–H and O–H groups in total. The van der Waals surface area contributed by atoms with Gasteiger partial charge in [-0.25, -0.2) is 0 Å². The normalized spacial score (nSPS) is 12.7. The Morgan fingerprint density at radius 3 is 2.10 bits per heavy atom. The van der Waals surface area contributed by atoms with Crippen LogP contribution in [0.1, 0.15) is 44.9 Å². The summed E-state index contributed by atoms with van der Waals surface area (Å²) in [5, 5.41) is 19.0. The molecule has 0 bridgehead atoms. The predicted octanol–water partition coefficient (Wildman–Crippen LogP) is 0.127. The molecule has 0 heterocycles. The van der Waals surface area contributed by atoms with Crippen LogP contribution in [0, 0.1) is 0 Å². The Balaban J connectivity index is 4.10. The lowest BCUT2D eigenvalue weighted by Crippen LogP contribution is -2.48. The summed E-state index contributed by atoms with van der Waals surface area (Å²) < 4.78 is 5.64. The van der Waals surface area contributed by atoms with Gasteiger partial charge >= 0.3 is 11.9 Å². The number of rotatable bonds is 11. The highest BCUT2D eigenvalue weighted by atomic mass is 16.6. The number of carbonyl (C=O) groups excluding carboxylic acids is 2. The van der Waals surface area contributed by atoms with E-state index in [-0.39, 0.29) is 31.7 Å². The van der Waals surface area contributed by atoms with E-state index in [1.807, 2.05) is 21.1 Å². The Morgan fingerprint density at radius 1 is 1.05 bits per heavy atom. The quantitative estimate of drug-likeness (QED) is 0.252. The van der Waals surface area contributed by atoms with Gasteiger partial charge in [0.25, 0.3) is 0 Å². The van der Waals surface area contributed by atoms with Crippen molar-refractivity contribution in [3.63, 3.8) is 0 Å². The third-order valence-corrected chi connectivity index (χ3v) is 3.00. The predicted molar refractivity (Wildman–Crippen MR) is 72.9 cm³/mol. The molecule has 0 radical (unpaired) electrons. The summed E-state index contributed by atoms with van der Waals surface area (Å²) in [6.07, 6.45) is 1.57. The summed E-state index contributed by atoms with van der Waals surface area (Å²) in [5.74, 6) is -2.40. The average Bonchev–Trinajstić information content (AvgIpc) is 2.31. The van der Waals surface area contributed by atoms with Gasteiger partial charge in [0.05, 0.1) is 21.1 Å². The van der Waals surface area contributed by atoms with Crippen LogP contribution < -0.4 is 5.11 Å². The summed E-state index contributed by atoms with van der Waals surface area (Å²) in [5.41, 5.74) is 0. The van der Waals surface area contributed by atoms with Gasteiger partial charge in [0.2, 0.25) is 6.23 Å². The fourth-order valence-electron chi connectivity index (χ4n) is 1.78. The first-order chi connectivity index (χ1) is 9.62. The van der Waals surface area contributed by atoms with E-state index < -0.39 is 18.2 Å². The van der Waals surface area contributed by atoms with Crippen LogP contribution in [0.15, 0.2) is 0 Å². The van der Waals surface area contributed by atoms with Gasteiger partial charge in [0, 0.05) is 25.2 Å². The molecular weight excluding hydrogens is 278 g/mol. The molecule has 122 valence electrons. The first kappa shape index (κ1) is 19.4. The Kier molecular flexibility index (Phi) is 8.61. The minimum absolute atomic E-state index is 0.0994. The SMILES string of the molecule is C[N+](C)(C)C(CCC(=O)[O-])OC(=O)CCCCCC(=O)O. The van der Waals surface area contributed by atoms with Crippen LogP contribution in [0.4, 0.5) is 0 Å². The highest BCUT2D eigenvalue weighted by Crippen LogP contribution is 2.14. The Hall–Kier alpha value is -1.63. The zero-order valence-corrected chi connectivity index (χ0v) is 13.0. The highest BCUT2D eigenvalue weighted by Gasteiger charge is 2.27. The molecule has 7 heteroatoms. The summed E-state index contributed by atoms with van der Waals surface area (Å²) in [6, 6.07) is 0. The van der Waals surface area contributed by atoms with Crippen molar-refractivity contribution in [1.29, 1.82) is 0 Å². The number of aliphatic carboxylic acids is 2. The van der Waals surface area contributed by atoms with Crippen molar-refractivity contribution in [2.24, 2.45) is 0 Å². The Bertz CT molecular complexity index is 361. The molecule has 0 fully saturated rings. The second-order valence-corrected chi connectivity index (χ2v) is 5.93. The standard InChI is InChI=1S/C14H25NO6/c1-15(2,3)11(9-10-13(18)19)21-14(20)8-6-4-5-7-12(16)17/h11H,4-10H2,1-3H3,(H-,16,17,18,19). The maximum absolute atomic E-state index is 11.7. The maximum Gasteiger partial charge on any atom is 0.310 e. The van der Waals surface area contributed by atoms with E-state index in [2.05, 4.69) is 0 Å². The number of nitrogens with zero attached hydrogens (tertiary/aromatic N) is 1. The lowest BCUT2D eigenvalue weighted by atomic mass is 10.1. The van der Waals surface area contributed by atoms with Crippen molar-refractivity contribution in [2.45, 2.75) is 51.2 Å². The number of carboxylic acids is 2. The van der Waals surface area contributed by atoms with Crippen LogP contribution in [-0.4, -0.2) is 54.9 Å². The first-order valence-corrected chi connectivity index (χ1v) is 7.05. The summed E-state index contributed by atoms with van der Waals surface area (Å²) >= 11 is 0. The van der Waals surface area contributed by atoms with Crippen molar-refractivity contribution in [1.82, 2.24) is 0 Å². The molecule has 0 aromatic heterocycles. The second-order valence-electron chi connectivity index (χ2n) is 5.93. The van der Waals surface area contributed by atoms with E-state index in [1.165, 1.54) is 0 Å². The topological polar surface area (TPSA) is 104 Å². The van der Waals surface area contributed by atoms with Crippen LogP contribution in [0.25, 0.3) is 0 Å². The summed E-state index contributed by atoms with van der Waals surface area (Å²) in [7, 11) is 5.46. The van der Waals surface area contributed by atoms with E-state index >= 15 is 0 Å². The third-order valence-electron chi connectivity index (χ3n) is 3.00. The average molecular weight is 303 g/mol. The van der Waals surface area contributed by atoms with Crippen LogP contribution in [0.5, 0.6) is 0 Å². The van der Waals surface area contributed by atoms with Crippen molar-refractivity contribution in [3.05, 3.63) is 0 Å². The molecule has 0 amide bonds. The van der Waals surface area contributed by atoms with Gasteiger partial charge in [-0.2, -0.15) is 0 Å². The van der Waals surface area contributed by atoms with Crippen molar-refractivity contribution < 1.29 is 33.8 Å². The molecule has 1 atom stereocenters. The molecule has 0 rings (SSSR count). The summed E-state index contributed by atoms with van der Waals surface area (Å²) in [4.78, 5) is 32.6. The van der Waals surface area contributed by atoms with Gasteiger partial charge in [-0.1, -0.05) is 6.42 Å². The van der Waals surface area contributed by atoms with Crippen LogP contribution in [0.3, 0.4) is 0 Å². The van der Waals surface area contributed by atoms with Gasteiger partial charge in [-0.3, -0.25) is 14.1 Å². The lowest BCUT2D eigenvalue weighted by molar-refractivity contribution is -0.917. The molecule has 21 heavy (non-hydrogen) atoms. The Morgan fingerprint density at radius 2 is 1.62 bits per heavy atom. The molecule has 7 nitrogen and oxygen atoms in total. The number of hydrogen-bond donors (Lipinski definition) is 1. The molecule has 0 saturated heterocycles. The number of carboxylic acid groups (broad SMARTS) is 2. The molecular formula is C14H25NO6. The van der Waals surface area contributed by atoms with Crippen molar-refractivity contribution in [2.75, 3.05) is 21.1 Å². The number of quaternary nitrogens is 1. The lowest BCUT2D eigenvalue weighted by Gasteiger charge is -2.33. The van der Waals surface area contributed by atoms with Crippen LogP contribution in [-0.2, 0) is 19.1 Å². The molecule has 1 unspecified atom stereocenters. The van der Waals surface area contributed by atoms with Crippen molar-refractivity contribution >= 4 is 17.9 Å². The van der Waals surface area contributed by atoms with Crippen LogP contribution in [0.2, 0.25) is 0 Å². The van der Waals surface area contributed by atoms with Crippen molar-refractivity contribution in [3.8, 4) is 0 Å². The summed E-state index contributed by atoms with van der Waals surface area (Å²) in [6.45, 7) is 0. The van der Waals surface area contributed by atoms with E-state index in [4.69, 9.17) is 9.84 Å². The van der Waals surface area contributed by atoms with E-state index in [0.29, 0.717) is 23.7 Å². The maximum atomic E-state index is 11.7. The molecule has 0 spiro atoms. The molecule has 0 aromatic rings. The number of hydrogen-bond acceptors (Lipinski definition) is 5. The number of esters is 1. The third kappa shape index (κ3) is 10.8. The minimum atomic E-state index is -1.17. The van der Waals surface area contributed by atoms with Gasteiger partial charge in [0.1, 0.15) is 0 Å². The molecule has 0 aliphatic carbocycles. The van der Waals surface area contributed by atoms with Gasteiger partial charge < -0.3 is 19.7 Å². The molecule has 0 aliphatic rings. The minimum Gasteiger partial charge on any atom is -0.550 e. The zero-order chi connectivity index (χ0) is 16.5. The molecule has 0 aromatic carbocycles. The number of carbonyl (C=O) groups is 3. The van der Waals surface area contributed by atoms with Crippen LogP contribution >= 0.6 is 0 Å². The van der Waals surface area contributed by atoms with Gasteiger partial charge in [-0.15, -0.1) is 0 Å². The highest BCUT2D eigenvalue weighted by molar-refractivity contribution is 5.69. The van der Waals surface area contributed by atoms with E-state index in [9.17, 15) is 19.5 Å². The fraction of sp³-hybridized carbons (Fsp3) is 0.786. The number of unbranched alkanes of at least 4 members (excludes halogenated alkanes) is 2. The largest absolute Gasteiger partial charge is 0.550 e. The van der Waals surface area contributed by atoms with Gasteiger partial charge in [-0.05, 0) is 19.3 Å². The molecule has 0 saturated carbocycles. The second kappa shape index (κ2) is 9.33. The zero-order valence-electron chi connectivity index (χ0n) is 13.0. The molecule has 0 aliphatic heterocycles. The van der Waals surface area contributed by atoms with Gasteiger partial charge in [0.15, 0.2) is 0 Å².